The predicted octanol–water partition coefficient (Wildman–Crippen LogP) is 1.81. The van der Waals surface area contributed by atoms with Crippen molar-refractivity contribution in [3.05, 3.63) is 29.8 Å². The molecule has 0 aliphatic carbocycles. The van der Waals surface area contributed by atoms with Crippen molar-refractivity contribution in [1.29, 1.82) is 0 Å². The Hall–Kier alpha value is -0.710. The van der Waals surface area contributed by atoms with E-state index in [1.54, 1.807) is 24.3 Å². The number of nitrogens with two attached hydrogens (primary N) is 1. The molecule has 0 atom stereocenters. The van der Waals surface area contributed by atoms with Gasteiger partial charge in [-0.25, -0.2) is 0 Å². The third-order valence-corrected chi connectivity index (χ3v) is 2.57. The zero-order valence-corrected chi connectivity index (χ0v) is 8.04. The van der Waals surface area contributed by atoms with Gasteiger partial charge in [0.15, 0.2) is 0 Å². The van der Waals surface area contributed by atoms with Crippen LogP contribution in [0.2, 0.25) is 0 Å². The Morgan fingerprint density at radius 1 is 1.36 bits per heavy atom. The first-order chi connectivity index (χ1) is 5.24. The summed E-state index contributed by atoms with van der Waals surface area (Å²) < 4.78 is 3.77. The van der Waals surface area contributed by atoms with Gasteiger partial charge < -0.3 is 5.73 Å². The molecule has 0 aliphatic rings. The van der Waals surface area contributed by atoms with Crippen molar-refractivity contribution < 1.29 is 4.79 Å². The molecule has 1 aromatic rings. The SMILES string of the molecule is C=IC(=O)c1ccc(N)cc1. The van der Waals surface area contributed by atoms with Gasteiger partial charge in [0.25, 0.3) is 0 Å². The van der Waals surface area contributed by atoms with Gasteiger partial charge in [0.2, 0.25) is 3.79 Å². The lowest BCUT2D eigenvalue weighted by molar-refractivity contribution is 0.110. The number of nitrogen functional groups attached to an aromatic ring is 1. The number of rotatable bonds is 2. The maximum absolute atomic E-state index is 11.1. The molecule has 0 aromatic heterocycles. The molecular weight excluding hydrogens is 253 g/mol. The highest BCUT2D eigenvalue weighted by molar-refractivity contribution is 14.2. The van der Waals surface area contributed by atoms with Gasteiger partial charge in [-0.1, -0.05) is 4.51 Å². The van der Waals surface area contributed by atoms with Crippen LogP contribution in [0.5, 0.6) is 0 Å². The highest BCUT2D eigenvalue weighted by atomic mass is 127. The van der Waals surface area contributed by atoms with Crippen molar-refractivity contribution in [1.82, 2.24) is 0 Å². The summed E-state index contributed by atoms with van der Waals surface area (Å²) in [6.45, 7) is 0. The van der Waals surface area contributed by atoms with E-state index in [1.165, 1.54) is 0 Å². The van der Waals surface area contributed by atoms with Crippen LogP contribution in [0.4, 0.5) is 5.69 Å². The number of halogens is 1. The van der Waals surface area contributed by atoms with Gasteiger partial charge in [-0.05, 0) is 45.0 Å². The molecule has 0 saturated heterocycles. The van der Waals surface area contributed by atoms with Crippen molar-refractivity contribution in [3.63, 3.8) is 0 Å². The van der Waals surface area contributed by atoms with Crippen molar-refractivity contribution >= 4 is 34.7 Å². The van der Waals surface area contributed by atoms with Crippen LogP contribution in [0.1, 0.15) is 10.4 Å². The van der Waals surface area contributed by atoms with E-state index in [-0.39, 0.29) is 3.79 Å². The van der Waals surface area contributed by atoms with E-state index in [4.69, 9.17) is 5.73 Å². The van der Waals surface area contributed by atoms with Gasteiger partial charge >= 0.3 is 0 Å². The molecule has 0 aliphatic heterocycles. The van der Waals surface area contributed by atoms with Crippen molar-refractivity contribution in [2.45, 2.75) is 0 Å². The van der Waals surface area contributed by atoms with Crippen LogP contribution >= 0.6 is 20.7 Å². The molecule has 0 saturated carbocycles. The molecule has 0 bridgehead atoms. The van der Waals surface area contributed by atoms with Gasteiger partial charge in [0, 0.05) is 11.3 Å². The molecule has 1 aromatic carbocycles. The zero-order chi connectivity index (χ0) is 8.27. The lowest BCUT2D eigenvalue weighted by Crippen LogP contribution is -1.89. The van der Waals surface area contributed by atoms with E-state index in [2.05, 4.69) is 4.51 Å². The van der Waals surface area contributed by atoms with Crippen LogP contribution < -0.4 is 5.73 Å². The summed E-state index contributed by atoms with van der Waals surface area (Å²) in [6, 6.07) is 6.93. The van der Waals surface area contributed by atoms with Gasteiger partial charge in [0.1, 0.15) is 0 Å². The van der Waals surface area contributed by atoms with Crippen molar-refractivity contribution in [3.8, 4) is 0 Å². The van der Waals surface area contributed by atoms with Crippen molar-refractivity contribution in [2.24, 2.45) is 0 Å². The number of benzene rings is 1. The van der Waals surface area contributed by atoms with Gasteiger partial charge in [0.05, 0.1) is 0 Å². The zero-order valence-electron chi connectivity index (χ0n) is 5.88. The second kappa shape index (κ2) is 3.61. The monoisotopic (exact) mass is 261 g/mol. The van der Waals surface area contributed by atoms with Crippen LogP contribution in [-0.2, 0) is 0 Å². The molecular formula is C8H8INO. The van der Waals surface area contributed by atoms with E-state index in [9.17, 15) is 4.79 Å². The highest BCUT2D eigenvalue weighted by Crippen LogP contribution is 2.11. The highest BCUT2D eigenvalue weighted by Gasteiger charge is 1.98. The number of carbonyl (C=O) groups excluding carboxylic acids is 1. The number of hydrogen-bond acceptors (Lipinski definition) is 2. The Bertz CT molecular complexity index is 279. The molecule has 2 nitrogen and oxygen atoms in total. The summed E-state index contributed by atoms with van der Waals surface area (Å²) in [6.07, 6.45) is 0. The van der Waals surface area contributed by atoms with Crippen LogP contribution in [0.15, 0.2) is 24.3 Å². The Balaban J connectivity index is 2.98. The fourth-order valence-electron chi connectivity index (χ4n) is 0.691. The Morgan fingerprint density at radius 3 is 2.36 bits per heavy atom. The normalized spacial score (nSPS) is 9.45. The fraction of sp³-hybridized carbons (Fsp3) is 0. The molecule has 11 heavy (non-hydrogen) atoms. The minimum atomic E-state index is -0.574. The molecule has 0 spiro atoms. The lowest BCUT2D eigenvalue weighted by atomic mass is 10.2. The third kappa shape index (κ3) is 2.11. The first-order valence-electron chi connectivity index (χ1n) is 3.02. The average molecular weight is 261 g/mol. The van der Waals surface area contributed by atoms with E-state index in [1.807, 2.05) is 0 Å². The summed E-state index contributed by atoms with van der Waals surface area (Å²) >= 11 is -0.574. The fourth-order valence-corrected chi connectivity index (χ4v) is 1.49. The molecule has 0 fully saturated rings. The standard InChI is InChI=1S/C8H8INO/c1-9-8(11)6-2-4-7(10)5-3-6/h2-5H,1,10H2. The molecule has 1 rings (SSSR count). The molecule has 3 heteroatoms. The Morgan fingerprint density at radius 2 is 1.91 bits per heavy atom. The number of anilines is 1. The summed E-state index contributed by atoms with van der Waals surface area (Å²) in [7, 11) is 0. The van der Waals surface area contributed by atoms with E-state index in [0.717, 1.165) is 5.56 Å². The Labute approximate surface area is 75.2 Å². The maximum atomic E-state index is 11.1. The second-order valence-electron chi connectivity index (χ2n) is 2.03. The average Bonchev–Trinajstić information content (AvgIpc) is 2.05. The predicted molar refractivity (Wildman–Crippen MR) is 56.3 cm³/mol. The molecule has 0 amide bonds. The van der Waals surface area contributed by atoms with Crippen LogP contribution in [-0.4, -0.2) is 8.30 Å². The number of carbonyl (C=O) groups is 1. The second-order valence-corrected chi connectivity index (χ2v) is 3.77. The topological polar surface area (TPSA) is 43.1 Å². The van der Waals surface area contributed by atoms with Crippen LogP contribution in [0.3, 0.4) is 0 Å². The summed E-state index contributed by atoms with van der Waals surface area (Å²) in [5.74, 6) is 0. The first kappa shape index (κ1) is 8.39. The van der Waals surface area contributed by atoms with E-state index in [0.29, 0.717) is 5.69 Å². The molecule has 2 N–H and O–H groups in total. The largest absolute Gasteiger partial charge is 0.399 e. The quantitative estimate of drug-likeness (QED) is 0.501. The van der Waals surface area contributed by atoms with E-state index >= 15 is 0 Å². The summed E-state index contributed by atoms with van der Waals surface area (Å²) in [5, 5.41) is 0. The Kier molecular flexibility index (Phi) is 2.76. The minimum absolute atomic E-state index is 0.156. The van der Waals surface area contributed by atoms with Crippen LogP contribution in [0, 0.1) is 0 Å². The smallest absolute Gasteiger partial charge is 0.216 e. The molecule has 0 unspecified atom stereocenters. The lowest BCUT2D eigenvalue weighted by Gasteiger charge is -1.94. The maximum Gasteiger partial charge on any atom is 0.216 e. The van der Waals surface area contributed by atoms with Gasteiger partial charge in [-0.2, -0.15) is 0 Å². The van der Waals surface area contributed by atoms with Crippen molar-refractivity contribution in [2.75, 3.05) is 5.73 Å². The molecule has 0 heterocycles. The van der Waals surface area contributed by atoms with Crippen LogP contribution in [0.25, 0.3) is 0 Å². The van der Waals surface area contributed by atoms with Gasteiger partial charge in [-0.3, -0.25) is 4.79 Å². The first-order valence-corrected chi connectivity index (χ1v) is 5.62. The van der Waals surface area contributed by atoms with Gasteiger partial charge in [-0.15, -0.1) is 0 Å². The molecule has 0 radical (unpaired) electrons. The van der Waals surface area contributed by atoms with E-state index < -0.39 is 20.7 Å². The minimum Gasteiger partial charge on any atom is -0.399 e. The molecule has 58 valence electrons. The third-order valence-electron chi connectivity index (χ3n) is 1.26. The number of hydrogen-bond donors (Lipinski definition) is 1. The summed E-state index contributed by atoms with van der Waals surface area (Å²) in [4.78, 5) is 11.1. The summed E-state index contributed by atoms with van der Waals surface area (Å²) in [5.41, 5.74) is 6.86.